The number of nitrogens with zero attached hydrogens (tertiary/aromatic N) is 3. The maximum atomic E-state index is 13.1. The van der Waals surface area contributed by atoms with E-state index in [4.69, 9.17) is 14.2 Å². The molecule has 1 fully saturated rings. The van der Waals surface area contributed by atoms with Crippen LogP contribution in [0.15, 0.2) is 54.7 Å². The van der Waals surface area contributed by atoms with Crippen molar-refractivity contribution in [1.82, 2.24) is 14.7 Å². The molecule has 1 aliphatic rings. The van der Waals surface area contributed by atoms with E-state index in [0.29, 0.717) is 49.2 Å². The fourth-order valence-electron chi connectivity index (χ4n) is 3.54. The Balaban J connectivity index is 1.58. The predicted molar refractivity (Wildman–Crippen MR) is 128 cm³/mol. The molecule has 0 bridgehead atoms. The molecule has 2 amide bonds. The van der Waals surface area contributed by atoms with E-state index in [9.17, 15) is 14.7 Å². The molecule has 1 aromatic heterocycles. The van der Waals surface area contributed by atoms with E-state index in [0.717, 1.165) is 0 Å². The number of benzene rings is 2. The van der Waals surface area contributed by atoms with Crippen LogP contribution in [0.2, 0.25) is 0 Å². The summed E-state index contributed by atoms with van der Waals surface area (Å²) in [7, 11) is 1.75. The summed E-state index contributed by atoms with van der Waals surface area (Å²) in [6.45, 7) is 3.66. The van der Waals surface area contributed by atoms with Crippen LogP contribution in [0, 0.1) is 0 Å². The normalized spacial score (nSPS) is 14.3. The number of para-hydroxylation sites is 1. The molecule has 35 heavy (non-hydrogen) atoms. The van der Waals surface area contributed by atoms with Gasteiger partial charge in [0.15, 0.2) is 17.3 Å². The highest BCUT2D eigenvalue weighted by Gasteiger charge is 2.22. The zero-order valence-corrected chi connectivity index (χ0v) is 19.6. The minimum Gasteiger partial charge on any atom is -0.484 e. The lowest BCUT2D eigenvalue weighted by Gasteiger charge is -2.26. The van der Waals surface area contributed by atoms with E-state index in [2.05, 4.69) is 10.4 Å². The van der Waals surface area contributed by atoms with Crippen LogP contribution >= 0.6 is 0 Å². The van der Waals surface area contributed by atoms with Crippen LogP contribution in [0.25, 0.3) is 0 Å². The first-order valence-corrected chi connectivity index (χ1v) is 11.3. The third kappa shape index (κ3) is 5.97. The number of carbonyl (C=O) groups excluding carboxylic acids is 2. The van der Waals surface area contributed by atoms with Crippen molar-refractivity contribution in [3.8, 4) is 17.2 Å². The molecule has 0 unspecified atom stereocenters. The zero-order chi connectivity index (χ0) is 24.8. The minimum atomic E-state index is -0.514. The Morgan fingerprint density at radius 1 is 1.14 bits per heavy atom. The number of aliphatic hydroxyl groups is 1. The van der Waals surface area contributed by atoms with Crippen molar-refractivity contribution < 1.29 is 28.9 Å². The first-order valence-electron chi connectivity index (χ1n) is 11.3. The van der Waals surface area contributed by atoms with Crippen molar-refractivity contribution in [2.45, 2.75) is 13.0 Å². The van der Waals surface area contributed by atoms with Gasteiger partial charge in [-0.05, 0) is 43.3 Å². The number of hydrogen-bond donors (Lipinski definition) is 2. The summed E-state index contributed by atoms with van der Waals surface area (Å²) in [4.78, 5) is 27.5. The number of anilines is 1. The summed E-state index contributed by atoms with van der Waals surface area (Å²) in [5.41, 5.74) is 0.762. The van der Waals surface area contributed by atoms with Crippen molar-refractivity contribution in [3.05, 3.63) is 65.9 Å². The van der Waals surface area contributed by atoms with Crippen LogP contribution in [-0.2, 0) is 11.8 Å². The number of morpholine rings is 1. The van der Waals surface area contributed by atoms with Gasteiger partial charge in [0.1, 0.15) is 11.9 Å². The second-order valence-electron chi connectivity index (χ2n) is 8.10. The smallest absolute Gasteiger partial charge is 0.260 e. The summed E-state index contributed by atoms with van der Waals surface area (Å²) in [6.07, 6.45) is 1.20. The molecule has 2 aromatic carbocycles. The van der Waals surface area contributed by atoms with Gasteiger partial charge in [0.05, 0.1) is 25.4 Å². The number of rotatable bonds is 8. The van der Waals surface area contributed by atoms with E-state index < -0.39 is 12.0 Å². The molecule has 1 aliphatic heterocycles. The van der Waals surface area contributed by atoms with Gasteiger partial charge in [0.25, 0.3) is 11.8 Å². The fraction of sp³-hybridized carbons (Fsp3) is 0.320. The van der Waals surface area contributed by atoms with E-state index in [1.54, 1.807) is 78.3 Å². The Hall–Kier alpha value is -3.89. The summed E-state index contributed by atoms with van der Waals surface area (Å²) in [6, 6.07) is 13.3. The SMILES string of the molecule is C[C@@H](CO)Oc1cccc(C(=O)Nc2ccn(C)n2)c1Oc1ccc(C(=O)N2CCOCC2)cc1. The van der Waals surface area contributed by atoms with Gasteiger partial charge in [0, 0.05) is 38.0 Å². The fourth-order valence-corrected chi connectivity index (χ4v) is 3.54. The first-order chi connectivity index (χ1) is 16.9. The molecular weight excluding hydrogens is 452 g/mol. The monoisotopic (exact) mass is 480 g/mol. The number of aromatic nitrogens is 2. The number of ether oxygens (including phenoxy) is 3. The second kappa shape index (κ2) is 11.0. The average Bonchev–Trinajstić information content (AvgIpc) is 3.29. The van der Waals surface area contributed by atoms with Crippen LogP contribution in [-0.4, -0.2) is 70.6 Å². The molecule has 10 heteroatoms. The van der Waals surface area contributed by atoms with E-state index >= 15 is 0 Å². The highest BCUT2D eigenvalue weighted by molar-refractivity contribution is 6.06. The van der Waals surface area contributed by atoms with Gasteiger partial charge >= 0.3 is 0 Å². The van der Waals surface area contributed by atoms with E-state index in [1.807, 2.05) is 0 Å². The predicted octanol–water partition coefficient (Wildman–Crippen LogP) is 2.70. The lowest BCUT2D eigenvalue weighted by molar-refractivity contribution is 0.0303. The van der Waals surface area contributed by atoms with Crippen molar-refractivity contribution >= 4 is 17.6 Å². The summed E-state index contributed by atoms with van der Waals surface area (Å²) in [5, 5.41) is 16.4. The quantitative estimate of drug-likeness (QED) is 0.509. The standard InChI is InChI=1S/C25H28N4O6/c1-17(16-30)34-21-5-3-4-20(24(31)26-22-10-11-28(2)27-22)23(21)35-19-8-6-18(7-9-19)25(32)29-12-14-33-15-13-29/h3-11,17,30H,12-16H2,1-2H3,(H,26,27,31)/t17-/m0/s1. The number of hydrogen-bond acceptors (Lipinski definition) is 7. The minimum absolute atomic E-state index is 0.0734. The van der Waals surface area contributed by atoms with Crippen LogP contribution < -0.4 is 14.8 Å². The molecule has 0 saturated carbocycles. The van der Waals surface area contributed by atoms with Gasteiger partial charge in [-0.25, -0.2) is 0 Å². The van der Waals surface area contributed by atoms with Crippen molar-refractivity contribution in [1.29, 1.82) is 0 Å². The molecule has 2 heterocycles. The lowest BCUT2D eigenvalue weighted by Crippen LogP contribution is -2.40. The van der Waals surface area contributed by atoms with Gasteiger partial charge in [-0.3, -0.25) is 14.3 Å². The van der Waals surface area contributed by atoms with Gasteiger partial charge in [-0.1, -0.05) is 6.07 Å². The van der Waals surface area contributed by atoms with Gasteiger partial charge < -0.3 is 29.5 Å². The topological polar surface area (TPSA) is 115 Å². The molecule has 2 N–H and O–H groups in total. The highest BCUT2D eigenvalue weighted by atomic mass is 16.5. The molecule has 1 saturated heterocycles. The zero-order valence-electron chi connectivity index (χ0n) is 19.6. The van der Waals surface area contributed by atoms with Crippen LogP contribution in [0.5, 0.6) is 17.2 Å². The van der Waals surface area contributed by atoms with Gasteiger partial charge in [-0.2, -0.15) is 5.10 Å². The number of amides is 2. The van der Waals surface area contributed by atoms with Gasteiger partial charge in [0.2, 0.25) is 0 Å². The Bertz CT molecular complexity index is 1170. The molecule has 0 spiro atoms. The maximum Gasteiger partial charge on any atom is 0.260 e. The summed E-state index contributed by atoms with van der Waals surface area (Å²) >= 11 is 0. The summed E-state index contributed by atoms with van der Waals surface area (Å²) in [5.74, 6) is 0.797. The second-order valence-corrected chi connectivity index (χ2v) is 8.10. The lowest BCUT2D eigenvalue weighted by atomic mass is 10.1. The number of aryl methyl sites for hydroxylation is 1. The third-order valence-electron chi connectivity index (χ3n) is 5.38. The Kier molecular flexibility index (Phi) is 7.64. The molecule has 4 rings (SSSR count). The third-order valence-corrected chi connectivity index (χ3v) is 5.38. The maximum absolute atomic E-state index is 13.1. The van der Waals surface area contributed by atoms with Crippen molar-refractivity contribution in [2.24, 2.45) is 7.05 Å². The number of aliphatic hydroxyl groups excluding tert-OH is 1. The molecule has 10 nitrogen and oxygen atoms in total. The van der Waals surface area contributed by atoms with E-state index in [1.165, 1.54) is 0 Å². The van der Waals surface area contributed by atoms with Crippen molar-refractivity contribution in [2.75, 3.05) is 38.2 Å². The first kappa shape index (κ1) is 24.2. The molecule has 3 aromatic rings. The van der Waals surface area contributed by atoms with Gasteiger partial charge in [-0.15, -0.1) is 0 Å². The molecular formula is C25H28N4O6. The van der Waals surface area contributed by atoms with Crippen molar-refractivity contribution in [3.63, 3.8) is 0 Å². The number of carbonyl (C=O) groups is 2. The van der Waals surface area contributed by atoms with Crippen LogP contribution in [0.1, 0.15) is 27.6 Å². The number of nitrogens with one attached hydrogen (secondary N) is 1. The Morgan fingerprint density at radius 3 is 2.54 bits per heavy atom. The Labute approximate surface area is 203 Å². The van der Waals surface area contributed by atoms with Crippen LogP contribution in [0.4, 0.5) is 5.82 Å². The summed E-state index contributed by atoms with van der Waals surface area (Å²) < 4.78 is 18.8. The highest BCUT2D eigenvalue weighted by Crippen LogP contribution is 2.36. The molecule has 0 radical (unpaired) electrons. The largest absolute Gasteiger partial charge is 0.484 e. The average molecular weight is 481 g/mol. The van der Waals surface area contributed by atoms with E-state index in [-0.39, 0.29) is 23.8 Å². The Morgan fingerprint density at radius 2 is 1.89 bits per heavy atom. The molecule has 0 aliphatic carbocycles. The molecule has 184 valence electrons. The molecule has 1 atom stereocenters. The van der Waals surface area contributed by atoms with Crippen LogP contribution in [0.3, 0.4) is 0 Å².